The van der Waals surface area contributed by atoms with Crippen LogP contribution in [0.25, 0.3) is 10.9 Å². The van der Waals surface area contributed by atoms with Gasteiger partial charge in [-0.2, -0.15) is 0 Å². The molecule has 3 nitrogen and oxygen atoms in total. The monoisotopic (exact) mass is 252 g/mol. The van der Waals surface area contributed by atoms with E-state index < -0.39 is 0 Å². The van der Waals surface area contributed by atoms with Crippen molar-refractivity contribution in [3.05, 3.63) is 65.2 Å². The summed E-state index contributed by atoms with van der Waals surface area (Å²) in [4.78, 5) is 4.45. The van der Waals surface area contributed by atoms with E-state index in [1.807, 2.05) is 50.4 Å². The van der Waals surface area contributed by atoms with E-state index in [9.17, 15) is 0 Å². The number of nitrogens with zero attached hydrogens (tertiary/aromatic N) is 1. The predicted octanol–water partition coefficient (Wildman–Crippen LogP) is 3.49. The van der Waals surface area contributed by atoms with Gasteiger partial charge in [0.2, 0.25) is 0 Å². The van der Waals surface area contributed by atoms with Crippen LogP contribution < -0.4 is 5.73 Å². The molecule has 0 spiro atoms. The molecular formula is C16H16N2O. The summed E-state index contributed by atoms with van der Waals surface area (Å²) < 4.78 is 5.54. The lowest BCUT2D eigenvalue weighted by Crippen LogP contribution is -2.12. The number of furan rings is 1. The highest BCUT2D eigenvalue weighted by molar-refractivity contribution is 5.78. The molecule has 3 heteroatoms. The molecule has 0 radical (unpaired) electrons. The van der Waals surface area contributed by atoms with E-state index in [2.05, 4.69) is 11.1 Å². The van der Waals surface area contributed by atoms with Crippen molar-refractivity contribution >= 4 is 10.9 Å². The van der Waals surface area contributed by atoms with Crippen LogP contribution in [0, 0.1) is 13.8 Å². The number of aryl methyl sites for hydroxylation is 2. The highest BCUT2D eigenvalue weighted by Crippen LogP contribution is 2.26. The van der Waals surface area contributed by atoms with Gasteiger partial charge in [0, 0.05) is 17.1 Å². The number of nitrogens with two attached hydrogens (primary N) is 1. The second-order valence-electron chi connectivity index (χ2n) is 4.81. The van der Waals surface area contributed by atoms with Crippen LogP contribution in [0.1, 0.15) is 28.7 Å². The van der Waals surface area contributed by atoms with Gasteiger partial charge in [-0.15, -0.1) is 0 Å². The Hall–Kier alpha value is -2.13. The highest BCUT2D eigenvalue weighted by Gasteiger charge is 2.15. The third kappa shape index (κ3) is 2.13. The van der Waals surface area contributed by atoms with Crippen molar-refractivity contribution in [1.29, 1.82) is 0 Å². The zero-order valence-electron chi connectivity index (χ0n) is 11.1. The lowest BCUT2D eigenvalue weighted by Gasteiger charge is -2.11. The van der Waals surface area contributed by atoms with Crippen molar-refractivity contribution in [2.24, 2.45) is 5.73 Å². The van der Waals surface area contributed by atoms with E-state index in [1.165, 1.54) is 0 Å². The second-order valence-corrected chi connectivity index (χ2v) is 4.81. The zero-order valence-corrected chi connectivity index (χ0v) is 11.1. The van der Waals surface area contributed by atoms with Crippen LogP contribution in [-0.2, 0) is 0 Å². The molecule has 0 aliphatic rings. The first-order valence-electron chi connectivity index (χ1n) is 6.32. The number of pyridine rings is 1. The van der Waals surface area contributed by atoms with Crippen LogP contribution in [0.15, 0.2) is 47.0 Å². The van der Waals surface area contributed by atoms with Crippen molar-refractivity contribution in [3.63, 3.8) is 0 Å². The smallest absolute Gasteiger partial charge is 0.106 e. The molecule has 0 aliphatic heterocycles. The van der Waals surface area contributed by atoms with E-state index in [4.69, 9.17) is 10.2 Å². The minimum Gasteiger partial charge on any atom is -0.466 e. The molecule has 3 rings (SSSR count). The average Bonchev–Trinajstić information content (AvgIpc) is 2.76. The first kappa shape index (κ1) is 11.9. The predicted molar refractivity (Wildman–Crippen MR) is 76.0 cm³/mol. The molecule has 0 fully saturated rings. The van der Waals surface area contributed by atoms with E-state index in [1.54, 1.807) is 0 Å². The van der Waals surface area contributed by atoms with Crippen molar-refractivity contribution in [1.82, 2.24) is 4.98 Å². The Morgan fingerprint density at radius 2 is 1.95 bits per heavy atom. The van der Waals surface area contributed by atoms with Gasteiger partial charge in [0.1, 0.15) is 11.5 Å². The first-order chi connectivity index (χ1) is 9.15. The van der Waals surface area contributed by atoms with Gasteiger partial charge in [-0.3, -0.25) is 4.98 Å². The minimum atomic E-state index is -0.199. The summed E-state index contributed by atoms with van der Waals surface area (Å²) in [5.74, 6) is 1.76. The Balaban J connectivity index is 2.06. The molecule has 0 saturated carbocycles. The Kier molecular flexibility index (Phi) is 2.84. The van der Waals surface area contributed by atoms with Crippen LogP contribution in [0.5, 0.6) is 0 Å². The fourth-order valence-corrected chi connectivity index (χ4v) is 2.40. The van der Waals surface area contributed by atoms with Gasteiger partial charge >= 0.3 is 0 Å². The summed E-state index contributed by atoms with van der Waals surface area (Å²) >= 11 is 0. The molecule has 3 aromatic rings. The van der Waals surface area contributed by atoms with Crippen molar-refractivity contribution < 1.29 is 4.42 Å². The van der Waals surface area contributed by atoms with E-state index in [0.29, 0.717) is 0 Å². The number of benzene rings is 1. The van der Waals surface area contributed by atoms with Crippen molar-refractivity contribution in [2.45, 2.75) is 19.9 Å². The Bertz CT molecular complexity index is 730. The summed E-state index contributed by atoms with van der Waals surface area (Å²) in [6.07, 6.45) is 1.84. The number of rotatable bonds is 2. The molecule has 2 heterocycles. The fourth-order valence-electron chi connectivity index (χ4n) is 2.40. The summed E-state index contributed by atoms with van der Waals surface area (Å²) in [7, 11) is 0. The van der Waals surface area contributed by atoms with Gasteiger partial charge in [-0.1, -0.05) is 18.2 Å². The lowest BCUT2D eigenvalue weighted by atomic mass is 10.00. The highest BCUT2D eigenvalue weighted by atomic mass is 16.3. The molecule has 2 aromatic heterocycles. The third-order valence-electron chi connectivity index (χ3n) is 3.39. The molecule has 0 aliphatic carbocycles. The summed E-state index contributed by atoms with van der Waals surface area (Å²) in [6.45, 7) is 3.87. The zero-order chi connectivity index (χ0) is 13.4. The summed E-state index contributed by atoms with van der Waals surface area (Å²) in [5, 5.41) is 1.10. The van der Waals surface area contributed by atoms with Crippen LogP contribution in [0.4, 0.5) is 0 Å². The Morgan fingerprint density at radius 3 is 2.68 bits per heavy atom. The maximum atomic E-state index is 6.32. The summed E-state index contributed by atoms with van der Waals surface area (Å²) in [6, 6.07) is 11.9. The molecule has 2 N–H and O–H groups in total. The number of para-hydroxylation sites is 1. The molecule has 0 saturated heterocycles. The molecule has 96 valence electrons. The van der Waals surface area contributed by atoms with Crippen molar-refractivity contribution in [2.75, 3.05) is 0 Å². The topological polar surface area (TPSA) is 52.0 Å². The largest absolute Gasteiger partial charge is 0.466 e. The van der Waals surface area contributed by atoms with Crippen LogP contribution in [0.3, 0.4) is 0 Å². The fraction of sp³-hybridized carbons (Fsp3) is 0.188. The van der Waals surface area contributed by atoms with Gasteiger partial charge < -0.3 is 10.2 Å². The van der Waals surface area contributed by atoms with Gasteiger partial charge in [-0.05, 0) is 37.6 Å². The Morgan fingerprint density at radius 1 is 1.16 bits per heavy atom. The Labute approximate surface area is 112 Å². The van der Waals surface area contributed by atoms with Gasteiger partial charge in [0.15, 0.2) is 0 Å². The quantitative estimate of drug-likeness (QED) is 0.759. The number of fused-ring (bicyclic) bond motifs is 1. The summed E-state index contributed by atoms with van der Waals surface area (Å²) in [5.41, 5.74) is 9.33. The minimum absolute atomic E-state index is 0.199. The number of aromatic nitrogens is 1. The average molecular weight is 252 g/mol. The standard InChI is InChI=1S/C16H16N2O/c1-10-7-14(11(2)19-10)16(17)13-8-12-5-3-4-6-15(12)18-9-13/h3-9,16H,17H2,1-2H3. The molecule has 0 bridgehead atoms. The SMILES string of the molecule is Cc1cc(C(N)c2cnc3ccccc3c2)c(C)o1. The normalized spacial score (nSPS) is 12.8. The number of hydrogen-bond acceptors (Lipinski definition) is 3. The van der Waals surface area contributed by atoms with Gasteiger partial charge in [-0.25, -0.2) is 0 Å². The molecule has 0 amide bonds. The van der Waals surface area contributed by atoms with E-state index in [0.717, 1.165) is 33.6 Å². The van der Waals surface area contributed by atoms with Crippen molar-refractivity contribution in [3.8, 4) is 0 Å². The molecule has 1 aromatic carbocycles. The van der Waals surface area contributed by atoms with Gasteiger partial charge in [0.25, 0.3) is 0 Å². The van der Waals surface area contributed by atoms with Gasteiger partial charge in [0.05, 0.1) is 11.6 Å². The van der Waals surface area contributed by atoms with Crippen LogP contribution >= 0.6 is 0 Å². The van der Waals surface area contributed by atoms with Crippen LogP contribution in [-0.4, -0.2) is 4.98 Å². The van der Waals surface area contributed by atoms with E-state index in [-0.39, 0.29) is 6.04 Å². The molecular weight excluding hydrogens is 236 g/mol. The lowest BCUT2D eigenvalue weighted by molar-refractivity contribution is 0.499. The van der Waals surface area contributed by atoms with E-state index >= 15 is 0 Å². The van der Waals surface area contributed by atoms with Crippen LogP contribution in [0.2, 0.25) is 0 Å². The molecule has 1 atom stereocenters. The maximum absolute atomic E-state index is 6.32. The molecule has 1 unspecified atom stereocenters. The maximum Gasteiger partial charge on any atom is 0.106 e. The molecule has 19 heavy (non-hydrogen) atoms. The first-order valence-corrected chi connectivity index (χ1v) is 6.32. The third-order valence-corrected chi connectivity index (χ3v) is 3.39. The second kappa shape index (κ2) is 4.52. The number of hydrogen-bond donors (Lipinski definition) is 1.